The maximum absolute atomic E-state index is 12.5. The van der Waals surface area contributed by atoms with E-state index in [4.69, 9.17) is 4.74 Å². The fourth-order valence-corrected chi connectivity index (χ4v) is 3.90. The third-order valence-corrected chi connectivity index (χ3v) is 5.52. The molecule has 1 unspecified atom stereocenters. The second-order valence-electron chi connectivity index (χ2n) is 7.53. The molecule has 0 spiro atoms. The highest BCUT2D eigenvalue weighted by Crippen LogP contribution is 2.21. The lowest BCUT2D eigenvalue weighted by Gasteiger charge is -2.35. The van der Waals surface area contributed by atoms with Gasteiger partial charge in [0.1, 0.15) is 5.82 Å². The quantitative estimate of drug-likeness (QED) is 0.649. The number of aromatic amines is 1. The van der Waals surface area contributed by atoms with Crippen molar-refractivity contribution < 1.29 is 9.53 Å². The van der Waals surface area contributed by atoms with Gasteiger partial charge in [-0.2, -0.15) is 0 Å². The van der Waals surface area contributed by atoms with Crippen LogP contribution in [-0.2, 0) is 16.0 Å². The number of carbonyl (C=O) groups is 1. The second-order valence-corrected chi connectivity index (χ2v) is 7.53. The first-order chi connectivity index (χ1) is 14.2. The molecule has 1 aliphatic heterocycles. The van der Waals surface area contributed by atoms with Crippen molar-refractivity contribution in [3.05, 3.63) is 65.5 Å². The molecular weight excluding hydrogens is 364 g/mol. The van der Waals surface area contributed by atoms with Crippen LogP contribution in [0.1, 0.15) is 29.4 Å². The molecule has 3 aromatic rings. The maximum Gasteiger partial charge on any atom is 0.220 e. The molecule has 2 N–H and O–H groups in total. The van der Waals surface area contributed by atoms with Gasteiger partial charge in [-0.25, -0.2) is 4.98 Å². The number of hydrogen-bond donors (Lipinski definition) is 2. The fraction of sp³-hybridized carbons (Fsp3) is 0.391. The van der Waals surface area contributed by atoms with Gasteiger partial charge in [-0.1, -0.05) is 42.5 Å². The lowest BCUT2D eigenvalue weighted by Crippen LogP contribution is -2.43. The highest BCUT2D eigenvalue weighted by Gasteiger charge is 2.23. The predicted molar refractivity (Wildman–Crippen MR) is 114 cm³/mol. The molecular formula is C23H28N4O2. The molecule has 6 heteroatoms. The Bertz CT molecular complexity index is 948. The van der Waals surface area contributed by atoms with Gasteiger partial charge in [0.2, 0.25) is 5.91 Å². The largest absolute Gasteiger partial charge is 0.379 e. The number of H-pyrrole nitrogens is 1. The summed E-state index contributed by atoms with van der Waals surface area (Å²) < 4.78 is 5.49. The van der Waals surface area contributed by atoms with Gasteiger partial charge < -0.3 is 15.0 Å². The number of hydrogen-bond acceptors (Lipinski definition) is 4. The smallest absolute Gasteiger partial charge is 0.220 e. The Kier molecular flexibility index (Phi) is 6.22. The van der Waals surface area contributed by atoms with Crippen LogP contribution in [0.4, 0.5) is 0 Å². The summed E-state index contributed by atoms with van der Waals surface area (Å²) >= 11 is 0. The van der Waals surface area contributed by atoms with Crippen molar-refractivity contribution in [1.29, 1.82) is 0 Å². The van der Waals surface area contributed by atoms with E-state index in [-0.39, 0.29) is 11.9 Å². The van der Waals surface area contributed by atoms with E-state index in [1.165, 1.54) is 5.56 Å². The Morgan fingerprint density at radius 1 is 1.17 bits per heavy atom. The van der Waals surface area contributed by atoms with Crippen LogP contribution in [0.15, 0.2) is 48.5 Å². The zero-order valence-corrected chi connectivity index (χ0v) is 16.9. The highest BCUT2D eigenvalue weighted by atomic mass is 16.5. The zero-order valence-electron chi connectivity index (χ0n) is 16.9. The third-order valence-electron chi connectivity index (χ3n) is 5.52. The number of fused-ring (bicyclic) bond motifs is 1. The standard InChI is InChI=1S/C23H28N4O2/c1-17-6-5-9-19-23(17)26-21(25-19)10-11-22(28)24-16-20(18-7-3-2-4-8-18)27-12-14-29-15-13-27/h2-9,20H,10-16H2,1H3,(H,24,28)(H,25,26). The van der Waals surface area contributed by atoms with Crippen molar-refractivity contribution in [2.45, 2.75) is 25.8 Å². The Balaban J connectivity index is 1.35. The molecule has 2 aromatic carbocycles. The third kappa shape index (κ3) is 4.83. The molecule has 0 aliphatic carbocycles. The number of para-hydroxylation sites is 1. The molecule has 6 nitrogen and oxygen atoms in total. The maximum atomic E-state index is 12.5. The number of amides is 1. The number of nitrogens with zero attached hydrogens (tertiary/aromatic N) is 2. The number of imidazole rings is 1. The van der Waals surface area contributed by atoms with Crippen molar-refractivity contribution in [2.75, 3.05) is 32.8 Å². The number of carbonyl (C=O) groups excluding carboxylic acids is 1. The lowest BCUT2D eigenvalue weighted by atomic mass is 10.0. The Hall–Kier alpha value is -2.70. The molecule has 4 rings (SSSR count). The molecule has 152 valence electrons. The number of aromatic nitrogens is 2. The van der Waals surface area contributed by atoms with Gasteiger partial charge in [-0.05, 0) is 24.1 Å². The number of aryl methyl sites for hydroxylation is 2. The van der Waals surface area contributed by atoms with Crippen molar-refractivity contribution in [3.63, 3.8) is 0 Å². The topological polar surface area (TPSA) is 70.2 Å². The minimum atomic E-state index is 0.0522. The Labute approximate surface area is 171 Å². The van der Waals surface area contributed by atoms with Crippen LogP contribution in [0.25, 0.3) is 11.0 Å². The van der Waals surface area contributed by atoms with E-state index in [1.54, 1.807) is 0 Å². The number of morpholine rings is 1. The molecule has 1 saturated heterocycles. The minimum absolute atomic E-state index is 0.0522. The molecule has 2 heterocycles. The van der Waals surface area contributed by atoms with Crippen LogP contribution in [0.3, 0.4) is 0 Å². The van der Waals surface area contributed by atoms with Gasteiger partial charge in [0.15, 0.2) is 0 Å². The van der Waals surface area contributed by atoms with Crippen molar-refractivity contribution >= 4 is 16.9 Å². The number of rotatable bonds is 7. The average Bonchev–Trinajstić information content (AvgIpc) is 3.19. The van der Waals surface area contributed by atoms with E-state index in [2.05, 4.69) is 45.3 Å². The summed E-state index contributed by atoms with van der Waals surface area (Å²) in [6, 6.07) is 16.6. The first-order valence-corrected chi connectivity index (χ1v) is 10.3. The molecule has 0 bridgehead atoms. The summed E-state index contributed by atoms with van der Waals surface area (Å²) in [7, 11) is 0. The monoisotopic (exact) mass is 392 g/mol. The van der Waals surface area contributed by atoms with Crippen molar-refractivity contribution in [2.24, 2.45) is 0 Å². The first-order valence-electron chi connectivity index (χ1n) is 10.3. The van der Waals surface area contributed by atoms with Crippen LogP contribution in [0.2, 0.25) is 0 Å². The molecule has 1 aliphatic rings. The van der Waals surface area contributed by atoms with E-state index in [0.717, 1.165) is 48.7 Å². The summed E-state index contributed by atoms with van der Waals surface area (Å²) in [5, 5.41) is 3.13. The lowest BCUT2D eigenvalue weighted by molar-refractivity contribution is -0.121. The van der Waals surface area contributed by atoms with Gasteiger partial charge >= 0.3 is 0 Å². The number of benzene rings is 2. The average molecular weight is 393 g/mol. The fourth-order valence-electron chi connectivity index (χ4n) is 3.90. The van der Waals surface area contributed by atoms with Crippen molar-refractivity contribution in [1.82, 2.24) is 20.2 Å². The van der Waals surface area contributed by atoms with Crippen LogP contribution < -0.4 is 5.32 Å². The summed E-state index contributed by atoms with van der Waals surface area (Å²) in [4.78, 5) is 22.9. The molecule has 0 saturated carbocycles. The molecule has 1 aromatic heterocycles. The van der Waals surface area contributed by atoms with E-state index >= 15 is 0 Å². The van der Waals surface area contributed by atoms with Gasteiger partial charge in [0, 0.05) is 32.5 Å². The van der Waals surface area contributed by atoms with E-state index in [0.29, 0.717) is 19.4 Å². The van der Waals surface area contributed by atoms with Gasteiger partial charge in [-0.15, -0.1) is 0 Å². The first kappa shape index (κ1) is 19.6. The van der Waals surface area contributed by atoms with Crippen LogP contribution in [0, 0.1) is 6.92 Å². The van der Waals surface area contributed by atoms with Crippen LogP contribution in [0.5, 0.6) is 0 Å². The zero-order chi connectivity index (χ0) is 20.1. The van der Waals surface area contributed by atoms with Gasteiger partial charge in [0.25, 0.3) is 0 Å². The van der Waals surface area contributed by atoms with Gasteiger partial charge in [-0.3, -0.25) is 9.69 Å². The van der Waals surface area contributed by atoms with Crippen LogP contribution >= 0.6 is 0 Å². The van der Waals surface area contributed by atoms with Gasteiger partial charge in [0.05, 0.1) is 30.3 Å². The predicted octanol–water partition coefficient (Wildman–Crippen LogP) is 2.99. The SMILES string of the molecule is Cc1cccc2[nH]c(CCC(=O)NCC(c3ccccc3)N3CCOCC3)nc12. The summed E-state index contributed by atoms with van der Waals surface area (Å²) in [6.45, 7) is 5.89. The molecule has 1 fully saturated rings. The molecule has 0 radical (unpaired) electrons. The minimum Gasteiger partial charge on any atom is -0.379 e. The molecule has 29 heavy (non-hydrogen) atoms. The van der Waals surface area contributed by atoms with Crippen LogP contribution in [-0.4, -0.2) is 53.6 Å². The number of nitrogens with one attached hydrogen (secondary N) is 2. The summed E-state index contributed by atoms with van der Waals surface area (Å²) in [6.07, 6.45) is 1.02. The Morgan fingerprint density at radius 3 is 2.72 bits per heavy atom. The summed E-state index contributed by atoms with van der Waals surface area (Å²) in [5.74, 6) is 0.911. The second kappa shape index (κ2) is 9.20. The molecule has 1 atom stereocenters. The highest BCUT2D eigenvalue weighted by molar-refractivity contribution is 5.79. The van der Waals surface area contributed by atoms with E-state index in [9.17, 15) is 4.79 Å². The number of ether oxygens (including phenoxy) is 1. The van der Waals surface area contributed by atoms with E-state index in [1.807, 2.05) is 30.3 Å². The van der Waals surface area contributed by atoms with E-state index < -0.39 is 0 Å². The normalized spacial score (nSPS) is 16.0. The Morgan fingerprint density at radius 2 is 1.97 bits per heavy atom. The molecule has 1 amide bonds. The van der Waals surface area contributed by atoms with Crippen molar-refractivity contribution in [3.8, 4) is 0 Å². The summed E-state index contributed by atoms with van der Waals surface area (Å²) in [5.41, 5.74) is 4.38.